The number of nitrogens with zero attached hydrogens (tertiary/aromatic N) is 3. The van der Waals surface area contributed by atoms with E-state index in [0.717, 1.165) is 33.7 Å². The summed E-state index contributed by atoms with van der Waals surface area (Å²) >= 11 is 0.789. The molecule has 0 bridgehead atoms. The van der Waals surface area contributed by atoms with Crippen molar-refractivity contribution in [2.75, 3.05) is 30.9 Å². The highest BCUT2D eigenvalue weighted by molar-refractivity contribution is 8.18. The van der Waals surface area contributed by atoms with Crippen molar-refractivity contribution in [3.05, 3.63) is 83.3 Å². The van der Waals surface area contributed by atoms with Gasteiger partial charge in [-0.15, -0.1) is 0 Å². The number of amides is 3. The van der Waals surface area contributed by atoms with Crippen LogP contribution in [0.15, 0.2) is 71.8 Å². The summed E-state index contributed by atoms with van der Waals surface area (Å²) in [5.74, 6) is -1.51. The molecule has 2 aromatic carbocycles. The van der Waals surface area contributed by atoms with Gasteiger partial charge in [-0.25, -0.2) is 4.39 Å². The molecule has 0 radical (unpaired) electrons. The van der Waals surface area contributed by atoms with Gasteiger partial charge in [0.25, 0.3) is 11.1 Å². The van der Waals surface area contributed by atoms with Crippen LogP contribution in [0, 0.1) is 5.82 Å². The highest BCUT2D eigenvalue weighted by Gasteiger charge is 2.36. The second kappa shape index (κ2) is 9.33. The maximum atomic E-state index is 13.0. The third-order valence-electron chi connectivity index (χ3n) is 5.01. The van der Waals surface area contributed by atoms with Gasteiger partial charge in [-0.3, -0.25) is 19.3 Å². The first-order valence-electron chi connectivity index (χ1n) is 10.1. The molecule has 1 fully saturated rings. The van der Waals surface area contributed by atoms with E-state index in [1.54, 1.807) is 6.08 Å². The molecule has 1 N–H and O–H groups in total. The van der Waals surface area contributed by atoms with Crippen molar-refractivity contribution in [1.82, 2.24) is 9.47 Å². The number of benzene rings is 2. The van der Waals surface area contributed by atoms with Crippen molar-refractivity contribution >= 4 is 46.3 Å². The molecule has 0 aliphatic carbocycles. The number of nitrogens with one attached hydrogen (secondary N) is 1. The van der Waals surface area contributed by atoms with Crippen molar-refractivity contribution in [3.8, 4) is 5.69 Å². The van der Waals surface area contributed by atoms with Gasteiger partial charge in [0.1, 0.15) is 12.4 Å². The Morgan fingerprint density at radius 2 is 1.76 bits per heavy atom. The van der Waals surface area contributed by atoms with Gasteiger partial charge >= 0.3 is 0 Å². The fourth-order valence-corrected chi connectivity index (χ4v) is 4.13. The molecule has 1 aromatic heterocycles. The van der Waals surface area contributed by atoms with E-state index < -0.39 is 29.4 Å². The van der Waals surface area contributed by atoms with E-state index in [1.165, 1.54) is 24.3 Å². The van der Waals surface area contributed by atoms with Crippen LogP contribution in [0.4, 0.5) is 20.6 Å². The summed E-state index contributed by atoms with van der Waals surface area (Å²) in [4.78, 5) is 40.6. The van der Waals surface area contributed by atoms with E-state index in [1.807, 2.05) is 66.2 Å². The van der Waals surface area contributed by atoms with Crippen molar-refractivity contribution in [2.45, 2.75) is 0 Å². The molecule has 7 nitrogen and oxygen atoms in total. The number of imide groups is 1. The normalized spacial score (nSPS) is 14.8. The summed E-state index contributed by atoms with van der Waals surface area (Å²) in [5, 5.41) is 2.03. The van der Waals surface area contributed by atoms with Gasteiger partial charge in [-0.2, -0.15) is 0 Å². The summed E-state index contributed by atoms with van der Waals surface area (Å²) in [6, 6.07) is 16.8. The summed E-state index contributed by atoms with van der Waals surface area (Å²) in [5.41, 5.74) is 3.08. The first-order valence-corrected chi connectivity index (χ1v) is 10.9. The fraction of sp³-hybridized carbons (Fsp3) is 0.125. The van der Waals surface area contributed by atoms with Gasteiger partial charge < -0.3 is 14.8 Å². The van der Waals surface area contributed by atoms with Crippen LogP contribution in [0.25, 0.3) is 11.8 Å². The molecule has 0 unspecified atom stereocenters. The average Bonchev–Trinajstić information content (AvgIpc) is 3.35. The first kappa shape index (κ1) is 22.3. The van der Waals surface area contributed by atoms with Crippen LogP contribution >= 0.6 is 11.8 Å². The minimum Gasteiger partial charge on any atom is -0.378 e. The zero-order chi connectivity index (χ0) is 23.5. The highest BCUT2D eigenvalue weighted by atomic mass is 32.2. The maximum absolute atomic E-state index is 13.0. The minimum atomic E-state index is -0.547. The molecule has 0 saturated carbocycles. The lowest BCUT2D eigenvalue weighted by atomic mass is 10.2. The molecule has 0 spiro atoms. The first-order chi connectivity index (χ1) is 15.8. The quantitative estimate of drug-likeness (QED) is 0.549. The van der Waals surface area contributed by atoms with E-state index in [9.17, 15) is 18.8 Å². The third kappa shape index (κ3) is 4.98. The Hall–Kier alpha value is -3.85. The molecule has 168 valence electrons. The maximum Gasteiger partial charge on any atom is 0.294 e. The second-order valence-electron chi connectivity index (χ2n) is 7.54. The lowest BCUT2D eigenvalue weighted by Crippen LogP contribution is -2.36. The summed E-state index contributed by atoms with van der Waals surface area (Å²) in [6.07, 6.45) is 3.51. The Morgan fingerprint density at radius 3 is 2.42 bits per heavy atom. The number of anilines is 2. The zero-order valence-corrected chi connectivity index (χ0v) is 18.8. The van der Waals surface area contributed by atoms with Crippen LogP contribution < -0.4 is 10.2 Å². The lowest BCUT2D eigenvalue weighted by molar-refractivity contribution is -0.127. The van der Waals surface area contributed by atoms with Gasteiger partial charge in [0.2, 0.25) is 5.91 Å². The van der Waals surface area contributed by atoms with Crippen LogP contribution in [-0.4, -0.2) is 47.2 Å². The van der Waals surface area contributed by atoms with Crippen molar-refractivity contribution in [2.24, 2.45) is 0 Å². The topological polar surface area (TPSA) is 74.7 Å². The van der Waals surface area contributed by atoms with Gasteiger partial charge in [0.05, 0.1) is 4.91 Å². The SMILES string of the molecule is CN(C)c1ccc(-n2cccc2/C=C2\SC(=O)N(CC(=O)Nc3ccc(F)cc3)C2=O)cc1. The largest absolute Gasteiger partial charge is 0.378 e. The molecular weight excluding hydrogens is 443 g/mol. The van der Waals surface area contributed by atoms with Crippen LogP contribution in [0.5, 0.6) is 0 Å². The molecule has 1 saturated heterocycles. The molecule has 4 rings (SSSR count). The number of carbonyl (C=O) groups is 3. The Bertz CT molecular complexity index is 1230. The number of hydrogen-bond donors (Lipinski definition) is 1. The summed E-state index contributed by atoms with van der Waals surface area (Å²) < 4.78 is 14.9. The van der Waals surface area contributed by atoms with Crippen LogP contribution in [-0.2, 0) is 9.59 Å². The molecule has 1 aliphatic rings. The standard InChI is InChI=1S/C24H21FN4O3S/c1-27(2)18-9-11-19(12-10-18)28-13-3-4-20(28)14-21-23(31)29(24(32)33-21)15-22(30)26-17-7-5-16(25)6-8-17/h3-14H,15H2,1-2H3,(H,26,30)/b21-14-. The van der Waals surface area contributed by atoms with E-state index in [-0.39, 0.29) is 4.91 Å². The molecule has 0 atom stereocenters. The van der Waals surface area contributed by atoms with Crippen LogP contribution in [0.3, 0.4) is 0 Å². The van der Waals surface area contributed by atoms with Crippen LogP contribution in [0.2, 0.25) is 0 Å². The van der Waals surface area contributed by atoms with Crippen molar-refractivity contribution in [3.63, 3.8) is 0 Å². The number of carbonyl (C=O) groups excluding carboxylic acids is 3. The minimum absolute atomic E-state index is 0.236. The molecule has 2 heterocycles. The molecular formula is C24H21FN4O3S. The Morgan fingerprint density at radius 1 is 1.06 bits per heavy atom. The molecule has 3 aromatic rings. The Kier molecular flexibility index (Phi) is 6.32. The third-order valence-corrected chi connectivity index (χ3v) is 5.91. The Balaban J connectivity index is 1.48. The second-order valence-corrected chi connectivity index (χ2v) is 8.53. The number of halogens is 1. The van der Waals surface area contributed by atoms with Gasteiger partial charge in [-0.1, -0.05) is 0 Å². The predicted molar refractivity (Wildman–Crippen MR) is 128 cm³/mol. The highest BCUT2D eigenvalue weighted by Crippen LogP contribution is 2.32. The van der Waals surface area contributed by atoms with E-state index in [0.29, 0.717) is 5.69 Å². The zero-order valence-electron chi connectivity index (χ0n) is 18.0. The number of rotatable bonds is 6. The van der Waals surface area contributed by atoms with Crippen molar-refractivity contribution < 1.29 is 18.8 Å². The predicted octanol–water partition coefficient (Wildman–Crippen LogP) is 4.36. The molecule has 1 aliphatic heterocycles. The fourth-order valence-electron chi connectivity index (χ4n) is 3.31. The van der Waals surface area contributed by atoms with E-state index in [2.05, 4.69) is 5.32 Å². The van der Waals surface area contributed by atoms with Gasteiger partial charge in [-0.05, 0) is 78.5 Å². The molecule has 9 heteroatoms. The molecule has 3 amide bonds. The van der Waals surface area contributed by atoms with E-state index >= 15 is 0 Å². The summed E-state index contributed by atoms with van der Waals surface area (Å²) in [7, 11) is 3.93. The summed E-state index contributed by atoms with van der Waals surface area (Å²) in [6.45, 7) is -0.424. The Labute approximate surface area is 194 Å². The van der Waals surface area contributed by atoms with Crippen LogP contribution in [0.1, 0.15) is 5.69 Å². The van der Waals surface area contributed by atoms with Gasteiger partial charge in [0, 0.05) is 43.0 Å². The van der Waals surface area contributed by atoms with E-state index in [4.69, 9.17) is 0 Å². The monoisotopic (exact) mass is 464 g/mol. The number of hydrogen-bond acceptors (Lipinski definition) is 5. The van der Waals surface area contributed by atoms with Crippen molar-refractivity contribution in [1.29, 1.82) is 0 Å². The average molecular weight is 465 g/mol. The molecule has 33 heavy (non-hydrogen) atoms. The smallest absolute Gasteiger partial charge is 0.294 e. The number of aromatic nitrogens is 1. The van der Waals surface area contributed by atoms with Gasteiger partial charge in [0.15, 0.2) is 0 Å². The lowest BCUT2D eigenvalue weighted by Gasteiger charge is -2.14. The number of thioether (sulfide) groups is 1.